The number of ether oxygens (including phenoxy) is 1. The van der Waals surface area contributed by atoms with Crippen LogP contribution >= 0.6 is 11.3 Å². The van der Waals surface area contributed by atoms with E-state index in [4.69, 9.17) is 4.74 Å². The normalized spacial score (nSPS) is 20.5. The van der Waals surface area contributed by atoms with Crippen molar-refractivity contribution in [3.05, 3.63) is 78.2 Å². The molecular formula is C23H26N4O3S. The van der Waals surface area contributed by atoms with Crippen molar-refractivity contribution in [3.8, 4) is 5.75 Å². The Morgan fingerprint density at radius 3 is 2.58 bits per heavy atom. The molecule has 0 amide bonds. The molecule has 0 radical (unpaired) electrons. The highest BCUT2D eigenvalue weighted by Crippen LogP contribution is 2.39. The smallest absolute Gasteiger partial charge is 0.332 e. The molecule has 2 aromatic heterocycles. The van der Waals surface area contributed by atoms with Crippen LogP contribution in [0.3, 0.4) is 0 Å². The van der Waals surface area contributed by atoms with E-state index < -0.39 is 11.1 Å². The summed E-state index contributed by atoms with van der Waals surface area (Å²) in [6, 6.07) is 11.8. The zero-order chi connectivity index (χ0) is 21.6. The number of aromatic nitrogens is 3. The van der Waals surface area contributed by atoms with Crippen molar-refractivity contribution in [1.82, 2.24) is 19.2 Å². The number of thiophene rings is 1. The molecule has 3 aromatic rings. The zero-order valence-corrected chi connectivity index (χ0v) is 18.7. The number of nitrogens with zero attached hydrogens (tertiary/aromatic N) is 4. The SMILES string of the molecule is COc1ccc(Cn2nc3n(c(=O)c2=O)CC2(CCN(Cc4ccc(C)s4)C2)C3)cc1. The number of hydrogen-bond donors (Lipinski definition) is 0. The molecule has 1 saturated heterocycles. The van der Waals surface area contributed by atoms with E-state index >= 15 is 0 Å². The molecule has 1 unspecified atom stereocenters. The van der Waals surface area contributed by atoms with Crippen molar-refractivity contribution >= 4 is 11.3 Å². The first-order valence-corrected chi connectivity index (χ1v) is 11.4. The van der Waals surface area contributed by atoms with Gasteiger partial charge in [-0.05, 0) is 49.7 Å². The first kappa shape index (κ1) is 20.2. The second-order valence-corrected chi connectivity index (χ2v) is 10.1. The van der Waals surface area contributed by atoms with Gasteiger partial charge in [-0.2, -0.15) is 5.10 Å². The predicted molar refractivity (Wildman–Crippen MR) is 120 cm³/mol. The van der Waals surface area contributed by atoms with Crippen molar-refractivity contribution < 1.29 is 4.74 Å². The van der Waals surface area contributed by atoms with Gasteiger partial charge in [-0.1, -0.05) is 12.1 Å². The minimum Gasteiger partial charge on any atom is -0.497 e. The third-order valence-electron chi connectivity index (χ3n) is 6.42. The number of hydrogen-bond acceptors (Lipinski definition) is 6. The minimum absolute atomic E-state index is 0.00278. The molecule has 0 saturated carbocycles. The molecule has 2 aliphatic rings. The maximum Gasteiger partial charge on any atom is 0.332 e. The van der Waals surface area contributed by atoms with Gasteiger partial charge >= 0.3 is 11.1 Å². The van der Waals surface area contributed by atoms with Crippen LogP contribution in [-0.4, -0.2) is 39.4 Å². The summed E-state index contributed by atoms with van der Waals surface area (Å²) in [6.45, 7) is 5.89. The number of fused-ring (bicyclic) bond motifs is 1. The van der Waals surface area contributed by atoms with Crippen LogP contribution in [0.5, 0.6) is 5.75 Å². The Labute approximate surface area is 184 Å². The van der Waals surface area contributed by atoms with Crippen molar-refractivity contribution in [2.24, 2.45) is 5.41 Å². The quantitative estimate of drug-likeness (QED) is 0.572. The van der Waals surface area contributed by atoms with E-state index in [1.807, 2.05) is 35.6 Å². The Kier molecular flexibility index (Phi) is 5.06. The fraction of sp³-hybridized carbons (Fsp3) is 0.435. The second-order valence-electron chi connectivity index (χ2n) is 8.77. The summed E-state index contributed by atoms with van der Waals surface area (Å²) >= 11 is 1.84. The molecule has 1 fully saturated rings. The highest BCUT2D eigenvalue weighted by molar-refractivity contribution is 7.11. The summed E-state index contributed by atoms with van der Waals surface area (Å²) in [7, 11) is 1.62. The van der Waals surface area contributed by atoms with Crippen LogP contribution in [0.25, 0.3) is 0 Å². The summed E-state index contributed by atoms with van der Waals surface area (Å²) < 4.78 is 8.12. The van der Waals surface area contributed by atoms with E-state index in [1.165, 1.54) is 14.4 Å². The average molecular weight is 439 g/mol. The van der Waals surface area contributed by atoms with Gasteiger partial charge in [0.05, 0.1) is 13.7 Å². The Bertz CT molecular complexity index is 1230. The molecule has 1 aromatic carbocycles. The minimum atomic E-state index is -0.555. The number of benzene rings is 1. The number of aryl methyl sites for hydroxylation is 1. The van der Waals surface area contributed by atoms with E-state index in [0.717, 1.165) is 49.6 Å². The Hall–Kier alpha value is -2.71. The van der Waals surface area contributed by atoms with Crippen molar-refractivity contribution in [2.45, 2.75) is 39.4 Å². The van der Waals surface area contributed by atoms with E-state index in [9.17, 15) is 9.59 Å². The van der Waals surface area contributed by atoms with E-state index in [-0.39, 0.29) is 12.0 Å². The molecule has 31 heavy (non-hydrogen) atoms. The fourth-order valence-corrected chi connectivity index (χ4v) is 5.77. The number of likely N-dealkylation sites (tertiary alicyclic amines) is 1. The molecule has 2 aliphatic heterocycles. The third kappa shape index (κ3) is 3.85. The van der Waals surface area contributed by atoms with Gasteiger partial charge in [0.25, 0.3) is 0 Å². The summed E-state index contributed by atoms with van der Waals surface area (Å²) in [5, 5.41) is 4.60. The van der Waals surface area contributed by atoms with Gasteiger partial charge < -0.3 is 4.74 Å². The molecule has 0 aliphatic carbocycles. The van der Waals surface area contributed by atoms with Crippen LogP contribution in [0.4, 0.5) is 0 Å². The third-order valence-corrected chi connectivity index (χ3v) is 7.41. The van der Waals surface area contributed by atoms with E-state index in [1.54, 1.807) is 11.7 Å². The maximum atomic E-state index is 12.8. The second kappa shape index (κ2) is 7.76. The number of methoxy groups -OCH3 is 1. The summed E-state index contributed by atoms with van der Waals surface area (Å²) in [5.74, 6) is 1.48. The molecule has 1 spiro atoms. The molecule has 0 N–H and O–H groups in total. The average Bonchev–Trinajstić information content (AvgIpc) is 3.46. The summed E-state index contributed by atoms with van der Waals surface area (Å²) in [4.78, 5) is 30.7. The molecule has 8 heteroatoms. The van der Waals surface area contributed by atoms with Crippen LogP contribution in [0, 0.1) is 12.3 Å². The van der Waals surface area contributed by atoms with Gasteiger partial charge in [0.15, 0.2) is 0 Å². The molecule has 7 nitrogen and oxygen atoms in total. The molecular weight excluding hydrogens is 412 g/mol. The van der Waals surface area contributed by atoms with Gasteiger partial charge in [0.2, 0.25) is 0 Å². The zero-order valence-electron chi connectivity index (χ0n) is 17.8. The largest absolute Gasteiger partial charge is 0.497 e. The highest BCUT2D eigenvalue weighted by Gasteiger charge is 2.44. The van der Waals surface area contributed by atoms with Gasteiger partial charge in [-0.25, -0.2) is 4.68 Å². The Morgan fingerprint density at radius 1 is 1.06 bits per heavy atom. The van der Waals surface area contributed by atoms with Gasteiger partial charge in [-0.3, -0.25) is 19.1 Å². The van der Waals surface area contributed by atoms with E-state index in [0.29, 0.717) is 6.54 Å². The summed E-state index contributed by atoms with van der Waals surface area (Å²) in [6.07, 6.45) is 1.76. The van der Waals surface area contributed by atoms with Crippen LogP contribution in [0.1, 0.15) is 27.6 Å². The lowest BCUT2D eigenvalue weighted by atomic mass is 9.86. The number of rotatable bonds is 5. The molecule has 4 heterocycles. The van der Waals surface area contributed by atoms with Crippen LogP contribution < -0.4 is 15.9 Å². The van der Waals surface area contributed by atoms with Crippen molar-refractivity contribution in [1.29, 1.82) is 0 Å². The Balaban J connectivity index is 1.35. The first-order valence-electron chi connectivity index (χ1n) is 10.6. The highest BCUT2D eigenvalue weighted by atomic mass is 32.1. The topological polar surface area (TPSA) is 69.4 Å². The Morgan fingerprint density at radius 2 is 1.87 bits per heavy atom. The van der Waals surface area contributed by atoms with Gasteiger partial charge in [0, 0.05) is 41.2 Å². The van der Waals surface area contributed by atoms with E-state index in [2.05, 4.69) is 29.1 Å². The molecule has 0 bridgehead atoms. The lowest BCUT2D eigenvalue weighted by Gasteiger charge is -2.22. The van der Waals surface area contributed by atoms with Crippen molar-refractivity contribution in [2.75, 3.05) is 20.2 Å². The van der Waals surface area contributed by atoms with Crippen LogP contribution in [-0.2, 0) is 26.1 Å². The fourth-order valence-electron chi connectivity index (χ4n) is 4.84. The van der Waals surface area contributed by atoms with Gasteiger partial charge in [-0.15, -0.1) is 11.3 Å². The predicted octanol–water partition coefficient (Wildman–Crippen LogP) is 2.28. The summed E-state index contributed by atoms with van der Waals surface area (Å²) in [5.41, 5.74) is -0.106. The lowest BCUT2D eigenvalue weighted by molar-refractivity contribution is 0.247. The standard InChI is InChI=1S/C23H26N4O3S/c1-16-3-8-19(31-16)13-25-10-9-23(14-25)11-20-24-27(22(29)21(28)26(20)15-23)12-17-4-6-18(30-2)7-5-17/h3-8H,9-15H2,1-2H3. The maximum absolute atomic E-state index is 12.8. The lowest BCUT2D eigenvalue weighted by Crippen LogP contribution is -2.43. The van der Waals surface area contributed by atoms with Gasteiger partial charge in [0.1, 0.15) is 11.6 Å². The molecule has 5 rings (SSSR count). The van der Waals surface area contributed by atoms with Crippen LogP contribution in [0.2, 0.25) is 0 Å². The molecule has 1 atom stereocenters. The monoisotopic (exact) mass is 438 g/mol. The van der Waals surface area contributed by atoms with Crippen LogP contribution in [0.15, 0.2) is 46.0 Å². The molecule has 162 valence electrons. The van der Waals surface area contributed by atoms with Crippen molar-refractivity contribution in [3.63, 3.8) is 0 Å². The first-order chi connectivity index (χ1) is 14.9.